The van der Waals surface area contributed by atoms with Crippen molar-refractivity contribution in [1.29, 1.82) is 0 Å². The van der Waals surface area contributed by atoms with E-state index in [2.05, 4.69) is 4.98 Å². The number of aromatic nitrogens is 1. The van der Waals surface area contributed by atoms with Crippen molar-refractivity contribution < 1.29 is 13.9 Å². The number of furan rings is 1. The number of aryl methyl sites for hydroxylation is 1. The molecule has 27 heavy (non-hydrogen) atoms. The summed E-state index contributed by atoms with van der Waals surface area (Å²) >= 11 is 1.61. The maximum absolute atomic E-state index is 13.1. The molecule has 0 spiro atoms. The predicted molar refractivity (Wildman–Crippen MR) is 108 cm³/mol. The van der Waals surface area contributed by atoms with Gasteiger partial charge in [-0.2, -0.15) is 0 Å². The number of nitrogens with zero attached hydrogens (tertiary/aromatic N) is 2. The number of carbonyl (C=O) groups excluding carboxylic acids is 1. The minimum absolute atomic E-state index is 0.156. The minimum atomic E-state index is -0.158. The highest BCUT2D eigenvalue weighted by Crippen LogP contribution is 2.32. The third-order valence-corrected chi connectivity index (χ3v) is 6.11. The van der Waals surface area contributed by atoms with Crippen molar-refractivity contribution in [3.63, 3.8) is 0 Å². The second kappa shape index (κ2) is 6.70. The first-order valence-corrected chi connectivity index (χ1v) is 9.51. The molecular formula is C21H20N2O3S. The molecule has 1 atom stereocenters. The Kier molecular flexibility index (Phi) is 4.36. The van der Waals surface area contributed by atoms with Crippen LogP contribution in [-0.4, -0.2) is 29.9 Å². The Morgan fingerprint density at radius 3 is 2.78 bits per heavy atom. The van der Waals surface area contributed by atoms with Crippen LogP contribution in [0.15, 0.2) is 46.9 Å². The van der Waals surface area contributed by atoms with E-state index >= 15 is 0 Å². The molecule has 2 aromatic heterocycles. The zero-order valence-corrected chi connectivity index (χ0v) is 16.5. The lowest BCUT2D eigenvalue weighted by molar-refractivity contribution is 0.0711. The number of fused-ring (bicyclic) bond motifs is 2. The highest BCUT2D eigenvalue weighted by molar-refractivity contribution is 7.18. The molecule has 0 saturated carbocycles. The largest absolute Gasteiger partial charge is 0.497 e. The molecule has 5 nitrogen and oxygen atoms in total. The summed E-state index contributed by atoms with van der Waals surface area (Å²) in [6.45, 7) is 3.88. The lowest BCUT2D eigenvalue weighted by atomic mass is 10.1. The van der Waals surface area contributed by atoms with Crippen LogP contribution in [0.4, 0.5) is 0 Å². The number of ether oxygens (including phenoxy) is 1. The van der Waals surface area contributed by atoms with E-state index in [0.717, 1.165) is 31.9 Å². The van der Waals surface area contributed by atoms with Crippen molar-refractivity contribution in [2.24, 2.45) is 0 Å². The predicted octanol–water partition coefficient (Wildman–Crippen LogP) is 5.19. The van der Waals surface area contributed by atoms with Crippen LogP contribution in [-0.2, 0) is 0 Å². The summed E-state index contributed by atoms with van der Waals surface area (Å²) in [6.07, 6.45) is 0. The molecule has 0 fully saturated rings. The van der Waals surface area contributed by atoms with E-state index < -0.39 is 0 Å². The second-order valence-electron chi connectivity index (χ2n) is 6.53. The van der Waals surface area contributed by atoms with Gasteiger partial charge in [0, 0.05) is 18.0 Å². The summed E-state index contributed by atoms with van der Waals surface area (Å²) in [4.78, 5) is 19.5. The minimum Gasteiger partial charge on any atom is -0.497 e. The number of rotatable bonds is 4. The van der Waals surface area contributed by atoms with Gasteiger partial charge in [-0.1, -0.05) is 12.1 Å². The zero-order chi connectivity index (χ0) is 19.1. The SMILES string of the molecule is COc1ccc2oc(C(=O)N(C)[C@H](C)c3nc4ccccc4s3)c(C)c2c1. The Hall–Kier alpha value is -2.86. The van der Waals surface area contributed by atoms with Crippen molar-refractivity contribution in [2.75, 3.05) is 14.2 Å². The topological polar surface area (TPSA) is 55.6 Å². The molecule has 0 N–H and O–H groups in total. The molecule has 0 unspecified atom stereocenters. The first-order valence-electron chi connectivity index (χ1n) is 8.69. The number of benzene rings is 2. The van der Waals surface area contributed by atoms with E-state index in [1.807, 2.05) is 56.3 Å². The summed E-state index contributed by atoms with van der Waals surface area (Å²) in [5, 5.41) is 1.79. The van der Waals surface area contributed by atoms with E-state index in [-0.39, 0.29) is 11.9 Å². The third-order valence-electron chi connectivity index (χ3n) is 4.91. The first kappa shape index (κ1) is 17.5. The van der Waals surface area contributed by atoms with Gasteiger partial charge in [-0.05, 0) is 44.2 Å². The average molecular weight is 380 g/mol. The lowest BCUT2D eigenvalue weighted by Crippen LogP contribution is -2.29. The zero-order valence-electron chi connectivity index (χ0n) is 15.6. The highest BCUT2D eigenvalue weighted by atomic mass is 32.1. The van der Waals surface area contributed by atoms with Crippen molar-refractivity contribution in [2.45, 2.75) is 19.9 Å². The maximum atomic E-state index is 13.1. The highest BCUT2D eigenvalue weighted by Gasteiger charge is 2.26. The third kappa shape index (κ3) is 2.96. The molecule has 4 aromatic rings. The fraction of sp³-hybridized carbons (Fsp3) is 0.238. The van der Waals surface area contributed by atoms with Gasteiger partial charge in [0.1, 0.15) is 16.3 Å². The number of para-hydroxylation sites is 1. The summed E-state index contributed by atoms with van der Waals surface area (Å²) in [7, 11) is 3.41. The Morgan fingerprint density at radius 2 is 2.04 bits per heavy atom. The van der Waals surface area contributed by atoms with Gasteiger partial charge in [-0.15, -0.1) is 11.3 Å². The van der Waals surface area contributed by atoms with Crippen molar-refractivity contribution in [3.05, 3.63) is 58.8 Å². The van der Waals surface area contributed by atoms with E-state index in [1.165, 1.54) is 0 Å². The molecule has 0 bridgehead atoms. The Morgan fingerprint density at radius 1 is 1.26 bits per heavy atom. The molecule has 6 heteroatoms. The van der Waals surface area contributed by atoms with Crippen LogP contribution in [0.3, 0.4) is 0 Å². The number of methoxy groups -OCH3 is 1. The van der Waals surface area contributed by atoms with Crippen LogP contribution in [0.25, 0.3) is 21.2 Å². The number of hydrogen-bond donors (Lipinski definition) is 0. The van der Waals surface area contributed by atoms with Gasteiger partial charge in [-0.3, -0.25) is 4.79 Å². The summed E-state index contributed by atoms with van der Waals surface area (Å²) < 4.78 is 12.3. The van der Waals surface area contributed by atoms with Gasteiger partial charge in [0.25, 0.3) is 5.91 Å². The number of carbonyl (C=O) groups is 1. The normalized spacial score (nSPS) is 12.4. The van der Waals surface area contributed by atoms with Crippen LogP contribution < -0.4 is 4.74 Å². The van der Waals surface area contributed by atoms with Gasteiger partial charge >= 0.3 is 0 Å². The molecule has 138 valence electrons. The fourth-order valence-corrected chi connectivity index (χ4v) is 4.16. The molecule has 1 amide bonds. The van der Waals surface area contributed by atoms with E-state index in [0.29, 0.717) is 11.3 Å². The fourth-order valence-electron chi connectivity index (χ4n) is 3.10. The van der Waals surface area contributed by atoms with Gasteiger partial charge in [0.2, 0.25) is 0 Å². The summed E-state index contributed by atoms with van der Waals surface area (Å²) in [5.74, 6) is 0.935. The number of thiazole rings is 1. The Labute approximate surface area is 161 Å². The van der Waals surface area contributed by atoms with Crippen molar-refractivity contribution in [1.82, 2.24) is 9.88 Å². The molecule has 0 aliphatic heterocycles. The molecule has 2 aromatic carbocycles. The second-order valence-corrected chi connectivity index (χ2v) is 7.59. The van der Waals surface area contributed by atoms with Crippen LogP contribution >= 0.6 is 11.3 Å². The molecule has 0 aliphatic carbocycles. The van der Waals surface area contributed by atoms with Gasteiger partial charge < -0.3 is 14.1 Å². The summed E-state index contributed by atoms with van der Waals surface area (Å²) in [6, 6.07) is 13.4. The van der Waals surface area contributed by atoms with E-state index in [9.17, 15) is 4.79 Å². The van der Waals surface area contributed by atoms with E-state index in [4.69, 9.17) is 9.15 Å². The van der Waals surface area contributed by atoms with Crippen LogP contribution in [0, 0.1) is 6.92 Å². The van der Waals surface area contributed by atoms with Crippen LogP contribution in [0.1, 0.15) is 34.1 Å². The Bertz CT molecular complexity index is 1110. The van der Waals surface area contributed by atoms with Crippen molar-refractivity contribution in [3.8, 4) is 5.75 Å². The molecule has 0 aliphatic rings. The molecule has 4 rings (SSSR count). The van der Waals surface area contributed by atoms with Crippen molar-refractivity contribution >= 4 is 38.4 Å². The molecule has 0 radical (unpaired) electrons. The van der Waals surface area contributed by atoms with E-state index in [1.54, 1.807) is 30.4 Å². The first-order chi connectivity index (χ1) is 13.0. The van der Waals surface area contributed by atoms with Gasteiger partial charge in [-0.25, -0.2) is 4.98 Å². The molecular weight excluding hydrogens is 360 g/mol. The number of amides is 1. The molecule has 0 saturated heterocycles. The monoisotopic (exact) mass is 380 g/mol. The average Bonchev–Trinajstić information content (AvgIpc) is 3.27. The maximum Gasteiger partial charge on any atom is 0.290 e. The Balaban J connectivity index is 1.67. The van der Waals surface area contributed by atoms with Gasteiger partial charge in [0.05, 0.1) is 23.4 Å². The lowest BCUT2D eigenvalue weighted by Gasteiger charge is -2.22. The van der Waals surface area contributed by atoms with Gasteiger partial charge in [0.15, 0.2) is 5.76 Å². The quantitative estimate of drug-likeness (QED) is 0.489. The summed E-state index contributed by atoms with van der Waals surface area (Å²) in [5.41, 5.74) is 2.45. The standard InChI is InChI=1S/C21H20N2O3S/c1-12-15-11-14(25-4)9-10-17(15)26-19(12)21(24)23(3)13(2)20-22-16-7-5-6-8-18(16)27-20/h5-11,13H,1-4H3/t13-/m1/s1. The van der Waals surface area contributed by atoms with Crippen LogP contribution in [0.2, 0.25) is 0 Å². The number of hydrogen-bond acceptors (Lipinski definition) is 5. The molecule has 2 heterocycles. The van der Waals surface area contributed by atoms with Crippen LogP contribution in [0.5, 0.6) is 5.75 Å². The smallest absolute Gasteiger partial charge is 0.290 e.